The molecule has 0 atom stereocenters. The van der Waals surface area contributed by atoms with E-state index in [4.69, 9.17) is 5.73 Å². The Balaban J connectivity index is 2.31. The predicted molar refractivity (Wildman–Crippen MR) is 74.4 cm³/mol. The molecule has 3 heteroatoms. The Morgan fingerprint density at radius 2 is 1.72 bits per heavy atom. The number of hydrogen-bond donors (Lipinski definition) is 2. The van der Waals surface area contributed by atoms with E-state index in [1.807, 2.05) is 48.5 Å². The molecule has 2 aromatic carbocycles. The normalized spacial score (nSPS) is 10.7. The Labute approximate surface area is 104 Å². The highest BCUT2D eigenvalue weighted by molar-refractivity contribution is 5.85. The highest BCUT2D eigenvalue weighted by Gasteiger charge is 2.05. The minimum Gasteiger partial charge on any atom is -0.399 e. The number of nitrogens with two attached hydrogens (primary N) is 1. The first-order chi connectivity index (χ1) is 8.74. The third kappa shape index (κ3) is 1.76. The summed E-state index contributed by atoms with van der Waals surface area (Å²) >= 11 is 0. The highest BCUT2D eigenvalue weighted by Crippen LogP contribution is 2.20. The zero-order valence-electron chi connectivity index (χ0n) is 9.68. The number of aromatic amines is 1. The van der Waals surface area contributed by atoms with Crippen molar-refractivity contribution in [1.29, 1.82) is 0 Å². The van der Waals surface area contributed by atoms with E-state index in [-0.39, 0.29) is 5.56 Å². The van der Waals surface area contributed by atoms with E-state index < -0.39 is 0 Å². The van der Waals surface area contributed by atoms with Gasteiger partial charge in [-0.15, -0.1) is 0 Å². The zero-order valence-corrected chi connectivity index (χ0v) is 9.68. The number of aromatic nitrogens is 1. The standard InChI is InChI=1S/C15H12N2O/c16-12-6-7-14-11(8-12)9-13(15(18)17-14)10-4-2-1-3-5-10/h1-9H,16H2,(H,17,18). The molecular weight excluding hydrogens is 224 g/mol. The second-order valence-electron chi connectivity index (χ2n) is 4.22. The van der Waals surface area contributed by atoms with Crippen LogP contribution < -0.4 is 11.3 Å². The maximum Gasteiger partial charge on any atom is 0.256 e. The monoisotopic (exact) mass is 236 g/mol. The summed E-state index contributed by atoms with van der Waals surface area (Å²) in [7, 11) is 0. The quantitative estimate of drug-likeness (QED) is 0.638. The fourth-order valence-electron chi connectivity index (χ4n) is 2.06. The molecule has 0 amide bonds. The fourth-order valence-corrected chi connectivity index (χ4v) is 2.06. The largest absolute Gasteiger partial charge is 0.399 e. The minimum atomic E-state index is -0.0847. The van der Waals surface area contributed by atoms with E-state index in [1.54, 1.807) is 6.07 Å². The van der Waals surface area contributed by atoms with E-state index >= 15 is 0 Å². The molecule has 3 aromatic rings. The van der Waals surface area contributed by atoms with Gasteiger partial charge in [0.1, 0.15) is 0 Å². The summed E-state index contributed by atoms with van der Waals surface area (Å²) < 4.78 is 0. The van der Waals surface area contributed by atoms with Gasteiger partial charge in [-0.05, 0) is 29.8 Å². The molecule has 3 nitrogen and oxygen atoms in total. The number of H-pyrrole nitrogens is 1. The summed E-state index contributed by atoms with van der Waals surface area (Å²) in [4.78, 5) is 14.9. The zero-order chi connectivity index (χ0) is 12.5. The van der Waals surface area contributed by atoms with Gasteiger partial charge >= 0.3 is 0 Å². The number of nitrogens with one attached hydrogen (secondary N) is 1. The first-order valence-electron chi connectivity index (χ1n) is 5.72. The molecule has 1 heterocycles. The van der Waals surface area contributed by atoms with Crippen molar-refractivity contribution in [2.45, 2.75) is 0 Å². The Morgan fingerprint density at radius 1 is 0.944 bits per heavy atom. The SMILES string of the molecule is Nc1ccc2[nH]c(=O)c(-c3ccccc3)cc2c1. The lowest BCUT2D eigenvalue weighted by Gasteiger charge is -2.04. The minimum absolute atomic E-state index is 0.0847. The van der Waals surface area contributed by atoms with Crippen LogP contribution in [0.2, 0.25) is 0 Å². The van der Waals surface area contributed by atoms with Crippen molar-refractivity contribution < 1.29 is 0 Å². The van der Waals surface area contributed by atoms with Gasteiger partial charge in [-0.25, -0.2) is 0 Å². The molecule has 0 aliphatic rings. The Hall–Kier alpha value is -2.55. The van der Waals surface area contributed by atoms with E-state index in [9.17, 15) is 4.79 Å². The van der Waals surface area contributed by atoms with Crippen LogP contribution in [-0.2, 0) is 0 Å². The van der Waals surface area contributed by atoms with Gasteiger partial charge in [-0.1, -0.05) is 30.3 Å². The van der Waals surface area contributed by atoms with Crippen molar-refractivity contribution >= 4 is 16.6 Å². The molecule has 0 fully saturated rings. The average molecular weight is 236 g/mol. The lowest BCUT2D eigenvalue weighted by atomic mass is 10.1. The van der Waals surface area contributed by atoms with Gasteiger partial charge in [-0.3, -0.25) is 4.79 Å². The number of rotatable bonds is 1. The summed E-state index contributed by atoms with van der Waals surface area (Å²) in [6.45, 7) is 0. The molecule has 0 aliphatic carbocycles. The summed E-state index contributed by atoms with van der Waals surface area (Å²) in [5.74, 6) is 0. The van der Waals surface area contributed by atoms with Gasteiger partial charge in [0.15, 0.2) is 0 Å². The summed E-state index contributed by atoms with van der Waals surface area (Å²) in [6, 6.07) is 16.9. The molecule has 0 aliphatic heterocycles. The number of benzene rings is 2. The van der Waals surface area contributed by atoms with Gasteiger partial charge in [0.05, 0.1) is 0 Å². The maximum atomic E-state index is 12.0. The van der Waals surface area contributed by atoms with Crippen LogP contribution in [0.15, 0.2) is 59.4 Å². The first kappa shape index (κ1) is 10.6. The molecule has 0 saturated carbocycles. The molecule has 0 radical (unpaired) electrons. The lowest BCUT2D eigenvalue weighted by molar-refractivity contribution is 1.31. The number of pyridine rings is 1. The number of nitrogen functional groups attached to an aromatic ring is 1. The van der Waals surface area contributed by atoms with Crippen LogP contribution in [0.5, 0.6) is 0 Å². The second-order valence-corrected chi connectivity index (χ2v) is 4.22. The van der Waals surface area contributed by atoms with Gasteiger partial charge in [0.2, 0.25) is 0 Å². The highest BCUT2D eigenvalue weighted by atomic mass is 16.1. The summed E-state index contributed by atoms with van der Waals surface area (Å²) in [6.07, 6.45) is 0. The molecule has 3 N–H and O–H groups in total. The van der Waals surface area contributed by atoms with Gasteiger partial charge < -0.3 is 10.7 Å². The topological polar surface area (TPSA) is 58.9 Å². The molecular formula is C15H12N2O. The van der Waals surface area contributed by atoms with Gasteiger partial charge in [0.25, 0.3) is 5.56 Å². The van der Waals surface area contributed by atoms with Crippen molar-refractivity contribution in [3.63, 3.8) is 0 Å². The van der Waals surface area contributed by atoms with Crippen molar-refractivity contribution in [2.75, 3.05) is 5.73 Å². The van der Waals surface area contributed by atoms with Crippen LogP contribution in [0.1, 0.15) is 0 Å². The number of fused-ring (bicyclic) bond motifs is 1. The molecule has 0 saturated heterocycles. The van der Waals surface area contributed by atoms with Crippen molar-refractivity contribution in [3.8, 4) is 11.1 Å². The Bertz CT molecular complexity index is 760. The Morgan fingerprint density at radius 3 is 2.50 bits per heavy atom. The maximum absolute atomic E-state index is 12.0. The second kappa shape index (κ2) is 4.04. The third-order valence-electron chi connectivity index (χ3n) is 2.95. The molecule has 0 spiro atoms. The lowest BCUT2D eigenvalue weighted by Crippen LogP contribution is -2.08. The van der Waals surface area contributed by atoms with Crippen LogP contribution in [0.25, 0.3) is 22.0 Å². The molecule has 3 rings (SSSR count). The van der Waals surface area contributed by atoms with Crippen LogP contribution >= 0.6 is 0 Å². The van der Waals surface area contributed by atoms with Gasteiger partial charge in [-0.2, -0.15) is 0 Å². The molecule has 0 unspecified atom stereocenters. The smallest absolute Gasteiger partial charge is 0.256 e. The number of anilines is 1. The third-order valence-corrected chi connectivity index (χ3v) is 2.95. The van der Waals surface area contributed by atoms with E-state index in [0.29, 0.717) is 11.3 Å². The molecule has 1 aromatic heterocycles. The van der Waals surface area contributed by atoms with Crippen molar-refractivity contribution in [3.05, 3.63) is 65.0 Å². The molecule has 0 bridgehead atoms. The van der Waals surface area contributed by atoms with E-state index in [2.05, 4.69) is 4.98 Å². The van der Waals surface area contributed by atoms with Crippen molar-refractivity contribution in [1.82, 2.24) is 4.98 Å². The van der Waals surface area contributed by atoms with Crippen LogP contribution in [0.3, 0.4) is 0 Å². The van der Waals surface area contributed by atoms with Gasteiger partial charge in [0, 0.05) is 22.2 Å². The fraction of sp³-hybridized carbons (Fsp3) is 0. The summed E-state index contributed by atoms with van der Waals surface area (Å²) in [5.41, 5.74) is 8.73. The Kier molecular flexibility index (Phi) is 2.38. The molecule has 18 heavy (non-hydrogen) atoms. The predicted octanol–water partition coefficient (Wildman–Crippen LogP) is 2.78. The van der Waals surface area contributed by atoms with Crippen LogP contribution in [-0.4, -0.2) is 4.98 Å². The van der Waals surface area contributed by atoms with Crippen LogP contribution in [0, 0.1) is 0 Å². The van der Waals surface area contributed by atoms with Crippen LogP contribution in [0.4, 0.5) is 5.69 Å². The van der Waals surface area contributed by atoms with Crippen molar-refractivity contribution in [2.24, 2.45) is 0 Å². The average Bonchev–Trinajstić information content (AvgIpc) is 2.39. The molecule has 88 valence electrons. The summed E-state index contributed by atoms with van der Waals surface area (Å²) in [5, 5.41) is 0.938. The van der Waals surface area contributed by atoms with E-state index in [1.165, 1.54) is 0 Å². The van der Waals surface area contributed by atoms with E-state index in [0.717, 1.165) is 16.5 Å². The first-order valence-corrected chi connectivity index (χ1v) is 5.72. The number of hydrogen-bond acceptors (Lipinski definition) is 2.